The van der Waals surface area contributed by atoms with Crippen LogP contribution in [0.2, 0.25) is 0 Å². The molecule has 31 heavy (non-hydrogen) atoms. The van der Waals surface area contributed by atoms with Crippen LogP contribution >= 0.6 is 0 Å². The number of halogens is 1. The number of carbonyl (C=O) groups excluding carboxylic acids is 1. The number of aromatic amines is 1. The molecular weight excluding hydrogens is 393 g/mol. The van der Waals surface area contributed by atoms with Crippen LogP contribution in [-0.2, 0) is 13.0 Å². The Morgan fingerprint density at radius 2 is 2.10 bits per heavy atom. The van der Waals surface area contributed by atoms with E-state index in [-0.39, 0.29) is 30.1 Å². The monoisotopic (exact) mass is 419 g/mol. The van der Waals surface area contributed by atoms with Crippen LogP contribution in [0.5, 0.6) is 0 Å². The summed E-state index contributed by atoms with van der Waals surface area (Å²) in [5.41, 5.74) is 2.79. The number of fused-ring (bicyclic) bond motifs is 1. The van der Waals surface area contributed by atoms with Gasteiger partial charge < -0.3 is 9.88 Å². The number of carbonyl (C=O) groups is 1. The van der Waals surface area contributed by atoms with Crippen molar-refractivity contribution in [3.63, 3.8) is 0 Å². The van der Waals surface area contributed by atoms with Crippen molar-refractivity contribution < 1.29 is 9.18 Å². The highest BCUT2D eigenvalue weighted by Crippen LogP contribution is 2.23. The van der Waals surface area contributed by atoms with Crippen molar-refractivity contribution >= 4 is 16.9 Å². The quantitative estimate of drug-likeness (QED) is 0.683. The molecule has 1 aromatic heterocycles. The zero-order valence-electron chi connectivity index (χ0n) is 17.8. The summed E-state index contributed by atoms with van der Waals surface area (Å²) in [4.78, 5) is 25.0. The maximum atomic E-state index is 14.1. The van der Waals surface area contributed by atoms with Gasteiger partial charge >= 0.3 is 0 Å². The molecule has 3 aromatic rings. The lowest BCUT2D eigenvalue weighted by atomic mass is 9.98. The fraction of sp³-hybridized carbons (Fsp3) is 0.375. The van der Waals surface area contributed by atoms with E-state index in [2.05, 4.69) is 34.8 Å². The van der Waals surface area contributed by atoms with Gasteiger partial charge in [0.25, 0.3) is 5.91 Å². The first-order valence-electron chi connectivity index (χ1n) is 10.6. The molecule has 1 N–H and O–H groups in total. The summed E-state index contributed by atoms with van der Waals surface area (Å²) < 4.78 is 14.1. The number of benzene rings is 2. The Bertz CT molecular complexity index is 1130. The maximum absolute atomic E-state index is 14.1. The summed E-state index contributed by atoms with van der Waals surface area (Å²) in [6, 6.07) is 14.4. The summed E-state index contributed by atoms with van der Waals surface area (Å²) >= 11 is 0. The number of aromatic nitrogens is 2. The van der Waals surface area contributed by atoms with Gasteiger partial charge in [0.15, 0.2) is 0 Å². The van der Waals surface area contributed by atoms with Gasteiger partial charge in [-0.2, -0.15) is 5.26 Å². The van der Waals surface area contributed by atoms with E-state index in [1.165, 1.54) is 6.07 Å². The predicted octanol–water partition coefficient (Wildman–Crippen LogP) is 3.75. The largest absolute Gasteiger partial charge is 0.341 e. The van der Waals surface area contributed by atoms with Crippen LogP contribution in [0.3, 0.4) is 0 Å². The molecule has 1 saturated heterocycles. The molecule has 0 radical (unpaired) electrons. The van der Waals surface area contributed by atoms with Gasteiger partial charge in [-0.3, -0.25) is 9.69 Å². The third kappa shape index (κ3) is 4.44. The zero-order chi connectivity index (χ0) is 22.0. The lowest BCUT2D eigenvalue weighted by molar-refractivity contribution is 0.0326. The van der Waals surface area contributed by atoms with E-state index in [0.29, 0.717) is 43.1 Å². The van der Waals surface area contributed by atoms with Gasteiger partial charge in [-0.15, -0.1) is 0 Å². The second-order valence-corrected chi connectivity index (χ2v) is 8.39. The first-order valence-corrected chi connectivity index (χ1v) is 10.6. The SMILES string of the molecule is CC(C)C1CN(Cc2ccccc2F)CCN1C(=O)c1ccc2nc(CC#N)[nH]c2c1. The Kier molecular flexibility index (Phi) is 6.01. The standard InChI is InChI=1S/C24H26FN5O/c1-16(2)22-15-29(14-18-5-3-4-6-19(18)25)11-12-30(22)24(31)17-7-8-20-21(13-17)28-23(27-20)9-10-26/h3-8,13,16,22H,9,11-12,14-15H2,1-2H3,(H,27,28). The van der Waals surface area contributed by atoms with Gasteiger partial charge in [0.05, 0.1) is 23.5 Å². The highest BCUT2D eigenvalue weighted by molar-refractivity contribution is 5.97. The first kappa shape index (κ1) is 21.0. The average molecular weight is 420 g/mol. The molecular formula is C24H26FN5O. The van der Waals surface area contributed by atoms with Crippen molar-refractivity contribution in [2.75, 3.05) is 19.6 Å². The number of rotatable bonds is 5. The van der Waals surface area contributed by atoms with Gasteiger partial charge in [0, 0.05) is 43.3 Å². The number of imidazole rings is 1. The number of hydrogen-bond acceptors (Lipinski definition) is 4. The minimum Gasteiger partial charge on any atom is -0.341 e. The Balaban J connectivity index is 1.52. The molecule has 0 spiro atoms. The first-order chi connectivity index (χ1) is 15.0. The number of amides is 1. The third-order valence-corrected chi connectivity index (χ3v) is 5.91. The molecule has 160 valence electrons. The van der Waals surface area contributed by atoms with Crippen molar-refractivity contribution in [3.05, 3.63) is 65.2 Å². The van der Waals surface area contributed by atoms with Crippen LogP contribution in [0.4, 0.5) is 4.39 Å². The van der Waals surface area contributed by atoms with Crippen LogP contribution in [0, 0.1) is 23.1 Å². The van der Waals surface area contributed by atoms with E-state index in [1.807, 2.05) is 29.2 Å². The van der Waals surface area contributed by atoms with E-state index in [4.69, 9.17) is 5.26 Å². The van der Waals surface area contributed by atoms with Gasteiger partial charge in [-0.05, 0) is 30.2 Å². The van der Waals surface area contributed by atoms with Crippen molar-refractivity contribution in [2.24, 2.45) is 5.92 Å². The molecule has 0 saturated carbocycles. The predicted molar refractivity (Wildman–Crippen MR) is 117 cm³/mol. The van der Waals surface area contributed by atoms with Gasteiger partial charge in [0.2, 0.25) is 0 Å². The molecule has 0 bridgehead atoms. The lowest BCUT2D eigenvalue weighted by Crippen LogP contribution is -2.56. The minimum atomic E-state index is -0.189. The average Bonchev–Trinajstić information content (AvgIpc) is 3.16. The van der Waals surface area contributed by atoms with Crippen LogP contribution in [0.1, 0.15) is 35.6 Å². The summed E-state index contributed by atoms with van der Waals surface area (Å²) in [6.45, 7) is 6.77. The van der Waals surface area contributed by atoms with Gasteiger partial charge in [0.1, 0.15) is 11.6 Å². The minimum absolute atomic E-state index is 0.0115. The summed E-state index contributed by atoms with van der Waals surface area (Å²) in [6.07, 6.45) is 0.206. The number of nitrogens with zero attached hydrogens (tertiary/aromatic N) is 4. The summed E-state index contributed by atoms with van der Waals surface area (Å²) in [5, 5.41) is 8.87. The van der Waals surface area contributed by atoms with Crippen LogP contribution in [0.15, 0.2) is 42.5 Å². The molecule has 0 aliphatic carbocycles. The Labute approximate surface area is 181 Å². The second-order valence-electron chi connectivity index (χ2n) is 8.39. The van der Waals surface area contributed by atoms with E-state index in [9.17, 15) is 9.18 Å². The fourth-order valence-electron chi connectivity index (χ4n) is 4.22. The van der Waals surface area contributed by atoms with E-state index < -0.39 is 0 Å². The summed E-state index contributed by atoms with van der Waals surface area (Å²) in [5.74, 6) is 0.669. The number of nitrogens with one attached hydrogen (secondary N) is 1. The van der Waals surface area contributed by atoms with E-state index in [0.717, 1.165) is 11.0 Å². The molecule has 1 fully saturated rings. The van der Waals surface area contributed by atoms with E-state index >= 15 is 0 Å². The molecule has 6 nitrogen and oxygen atoms in total. The molecule has 1 atom stereocenters. The molecule has 2 heterocycles. The highest BCUT2D eigenvalue weighted by atomic mass is 19.1. The number of H-pyrrole nitrogens is 1. The zero-order valence-corrected chi connectivity index (χ0v) is 17.8. The molecule has 1 unspecified atom stereocenters. The van der Waals surface area contributed by atoms with Crippen molar-refractivity contribution in [3.8, 4) is 6.07 Å². The molecule has 7 heteroatoms. The topological polar surface area (TPSA) is 76.0 Å². The number of nitriles is 1. The Morgan fingerprint density at radius 3 is 2.84 bits per heavy atom. The Hall–Kier alpha value is -3.24. The Morgan fingerprint density at radius 1 is 1.29 bits per heavy atom. The molecule has 1 aliphatic rings. The fourth-order valence-corrected chi connectivity index (χ4v) is 4.22. The maximum Gasteiger partial charge on any atom is 0.254 e. The second kappa shape index (κ2) is 8.86. The number of hydrogen-bond donors (Lipinski definition) is 1. The van der Waals surface area contributed by atoms with Crippen molar-refractivity contribution in [1.29, 1.82) is 5.26 Å². The lowest BCUT2D eigenvalue weighted by Gasteiger charge is -2.43. The third-order valence-electron chi connectivity index (χ3n) is 5.91. The highest BCUT2D eigenvalue weighted by Gasteiger charge is 2.33. The number of piperazine rings is 1. The van der Waals surface area contributed by atoms with Crippen LogP contribution in [0.25, 0.3) is 11.0 Å². The van der Waals surface area contributed by atoms with Crippen molar-refractivity contribution in [1.82, 2.24) is 19.8 Å². The molecule has 1 amide bonds. The summed E-state index contributed by atoms with van der Waals surface area (Å²) in [7, 11) is 0. The normalized spacial score (nSPS) is 17.3. The van der Waals surface area contributed by atoms with Gasteiger partial charge in [-0.1, -0.05) is 32.0 Å². The van der Waals surface area contributed by atoms with Crippen LogP contribution in [-0.4, -0.2) is 51.4 Å². The van der Waals surface area contributed by atoms with Crippen LogP contribution < -0.4 is 0 Å². The smallest absolute Gasteiger partial charge is 0.254 e. The van der Waals surface area contributed by atoms with Crippen molar-refractivity contribution in [2.45, 2.75) is 32.9 Å². The molecule has 2 aromatic carbocycles. The molecule has 4 rings (SSSR count). The van der Waals surface area contributed by atoms with Gasteiger partial charge in [-0.25, -0.2) is 9.37 Å². The van der Waals surface area contributed by atoms with E-state index in [1.54, 1.807) is 12.1 Å². The molecule has 1 aliphatic heterocycles.